The first-order valence-electron chi connectivity index (χ1n) is 6.49. The number of hydrogen-bond donors (Lipinski definition) is 1. The molecule has 0 aromatic heterocycles. The Morgan fingerprint density at radius 1 is 1.26 bits per heavy atom. The summed E-state index contributed by atoms with van der Waals surface area (Å²) in [6.07, 6.45) is 0.286. The summed E-state index contributed by atoms with van der Waals surface area (Å²) in [5.41, 5.74) is 0. The number of aliphatic carboxylic acids is 1. The monoisotopic (exact) mass is 295 g/mol. The summed E-state index contributed by atoms with van der Waals surface area (Å²) < 4.78 is 30.9. The van der Waals surface area contributed by atoms with E-state index < -0.39 is 16.0 Å². The number of carboxylic acid groups (broad SMARTS) is 1. The van der Waals surface area contributed by atoms with Crippen LogP contribution in [0.5, 0.6) is 0 Å². The van der Waals surface area contributed by atoms with Gasteiger partial charge in [0.25, 0.3) is 0 Å². The SMILES string of the molecule is CC(C)OCCS(=O)(=O)N(CCCC(=O)O)C(C)C. The number of sulfonamides is 1. The van der Waals surface area contributed by atoms with Crippen LogP contribution >= 0.6 is 0 Å². The van der Waals surface area contributed by atoms with E-state index in [1.165, 1.54) is 4.31 Å². The third-order valence-electron chi connectivity index (χ3n) is 2.49. The predicted octanol–water partition coefficient (Wildman–Crippen LogP) is 1.32. The van der Waals surface area contributed by atoms with Crippen molar-refractivity contribution in [3.63, 3.8) is 0 Å². The van der Waals surface area contributed by atoms with Crippen molar-refractivity contribution in [3.8, 4) is 0 Å². The van der Waals surface area contributed by atoms with E-state index >= 15 is 0 Å². The summed E-state index contributed by atoms with van der Waals surface area (Å²) in [6.45, 7) is 7.64. The molecule has 0 spiro atoms. The van der Waals surface area contributed by atoms with E-state index in [1.807, 2.05) is 13.8 Å². The summed E-state index contributed by atoms with van der Waals surface area (Å²) in [6, 6.07) is -0.183. The van der Waals surface area contributed by atoms with Gasteiger partial charge in [-0.15, -0.1) is 0 Å². The van der Waals surface area contributed by atoms with Crippen LogP contribution in [-0.4, -0.2) is 54.8 Å². The molecule has 0 aromatic carbocycles. The standard InChI is InChI=1S/C12H25NO5S/c1-10(2)13(7-5-6-12(14)15)19(16,17)9-8-18-11(3)4/h10-11H,5-9H2,1-4H3,(H,14,15). The first kappa shape index (κ1) is 18.3. The van der Waals surface area contributed by atoms with Gasteiger partial charge in [-0.25, -0.2) is 8.42 Å². The summed E-state index contributed by atoms with van der Waals surface area (Å²) in [5.74, 6) is -0.986. The van der Waals surface area contributed by atoms with Crippen LogP contribution in [0.15, 0.2) is 0 Å². The van der Waals surface area contributed by atoms with Gasteiger partial charge >= 0.3 is 5.97 Å². The first-order chi connectivity index (χ1) is 8.66. The second-order valence-corrected chi connectivity index (χ2v) is 6.98. The van der Waals surface area contributed by atoms with Crippen LogP contribution in [0.1, 0.15) is 40.5 Å². The van der Waals surface area contributed by atoms with Crippen molar-refractivity contribution in [2.24, 2.45) is 0 Å². The fraction of sp³-hybridized carbons (Fsp3) is 0.917. The maximum absolute atomic E-state index is 12.1. The van der Waals surface area contributed by atoms with Gasteiger partial charge in [0.05, 0.1) is 18.5 Å². The maximum atomic E-state index is 12.1. The summed E-state index contributed by atoms with van der Waals surface area (Å²) in [7, 11) is -3.40. The zero-order valence-corrected chi connectivity index (χ0v) is 12.9. The van der Waals surface area contributed by atoms with Crippen molar-refractivity contribution in [2.45, 2.75) is 52.7 Å². The van der Waals surface area contributed by atoms with E-state index in [4.69, 9.17) is 9.84 Å². The lowest BCUT2D eigenvalue weighted by atomic mass is 10.3. The second kappa shape index (κ2) is 8.50. The Bertz CT molecular complexity index is 364. The minimum absolute atomic E-state index is 0.00490. The molecule has 0 saturated heterocycles. The van der Waals surface area contributed by atoms with Crippen molar-refractivity contribution in [1.82, 2.24) is 4.31 Å². The van der Waals surface area contributed by atoms with Crippen LogP contribution in [0.2, 0.25) is 0 Å². The number of rotatable bonds is 10. The summed E-state index contributed by atoms with van der Waals surface area (Å²) in [5, 5.41) is 8.58. The van der Waals surface area contributed by atoms with E-state index in [0.717, 1.165) is 0 Å². The molecule has 0 fully saturated rings. The van der Waals surface area contributed by atoms with E-state index in [2.05, 4.69) is 0 Å². The summed E-state index contributed by atoms with van der Waals surface area (Å²) >= 11 is 0. The van der Waals surface area contributed by atoms with Crippen molar-refractivity contribution in [1.29, 1.82) is 0 Å². The molecule has 0 aliphatic carbocycles. The highest BCUT2D eigenvalue weighted by Gasteiger charge is 2.24. The average molecular weight is 295 g/mol. The Kier molecular flexibility index (Phi) is 8.20. The van der Waals surface area contributed by atoms with Crippen LogP contribution in [0, 0.1) is 0 Å². The Morgan fingerprint density at radius 3 is 2.26 bits per heavy atom. The van der Waals surface area contributed by atoms with E-state index in [-0.39, 0.29) is 37.5 Å². The number of carbonyl (C=O) groups is 1. The van der Waals surface area contributed by atoms with Crippen LogP contribution in [0.3, 0.4) is 0 Å². The number of hydrogen-bond acceptors (Lipinski definition) is 4. The molecule has 0 bridgehead atoms. The van der Waals surface area contributed by atoms with Crippen LogP contribution in [0.25, 0.3) is 0 Å². The zero-order chi connectivity index (χ0) is 15.1. The van der Waals surface area contributed by atoms with Gasteiger partial charge in [0.2, 0.25) is 10.0 Å². The molecule has 0 unspecified atom stereocenters. The van der Waals surface area contributed by atoms with Gasteiger partial charge in [0, 0.05) is 19.0 Å². The first-order valence-corrected chi connectivity index (χ1v) is 8.10. The van der Waals surface area contributed by atoms with E-state index in [0.29, 0.717) is 6.42 Å². The maximum Gasteiger partial charge on any atom is 0.303 e. The Balaban J connectivity index is 4.45. The third-order valence-corrected chi connectivity index (χ3v) is 4.50. The van der Waals surface area contributed by atoms with Crippen molar-refractivity contribution < 1.29 is 23.1 Å². The molecule has 0 amide bonds. The van der Waals surface area contributed by atoms with Crippen molar-refractivity contribution in [3.05, 3.63) is 0 Å². The largest absolute Gasteiger partial charge is 0.481 e. The van der Waals surface area contributed by atoms with Crippen LogP contribution < -0.4 is 0 Å². The minimum atomic E-state index is -3.40. The van der Waals surface area contributed by atoms with Crippen molar-refractivity contribution >= 4 is 16.0 Å². The molecule has 1 N–H and O–H groups in total. The molecule has 0 radical (unpaired) electrons. The van der Waals surface area contributed by atoms with Gasteiger partial charge < -0.3 is 9.84 Å². The van der Waals surface area contributed by atoms with Crippen LogP contribution in [-0.2, 0) is 19.6 Å². The highest BCUT2D eigenvalue weighted by molar-refractivity contribution is 7.89. The number of carboxylic acids is 1. The quantitative estimate of drug-likeness (QED) is 0.657. The second-order valence-electron chi connectivity index (χ2n) is 4.94. The molecule has 0 rings (SSSR count). The van der Waals surface area contributed by atoms with Gasteiger partial charge in [-0.2, -0.15) is 4.31 Å². The minimum Gasteiger partial charge on any atom is -0.481 e. The topological polar surface area (TPSA) is 83.9 Å². The Labute approximate surface area is 115 Å². The molecule has 114 valence electrons. The molecule has 0 aliphatic rings. The van der Waals surface area contributed by atoms with E-state index in [1.54, 1.807) is 13.8 Å². The van der Waals surface area contributed by atoms with Gasteiger partial charge in [0.1, 0.15) is 0 Å². The average Bonchev–Trinajstić information content (AvgIpc) is 2.22. The Hall–Kier alpha value is -0.660. The zero-order valence-electron chi connectivity index (χ0n) is 12.1. The highest BCUT2D eigenvalue weighted by Crippen LogP contribution is 2.10. The number of ether oxygens (including phenoxy) is 1. The molecule has 0 aromatic rings. The molecule has 0 atom stereocenters. The van der Waals surface area contributed by atoms with Gasteiger partial charge in [-0.05, 0) is 34.1 Å². The fourth-order valence-corrected chi connectivity index (χ4v) is 3.20. The van der Waals surface area contributed by atoms with Gasteiger partial charge in [-0.1, -0.05) is 0 Å². The van der Waals surface area contributed by atoms with Crippen LogP contribution in [0.4, 0.5) is 0 Å². The normalized spacial score (nSPS) is 12.6. The van der Waals surface area contributed by atoms with Gasteiger partial charge in [0.15, 0.2) is 0 Å². The van der Waals surface area contributed by atoms with E-state index in [9.17, 15) is 13.2 Å². The molecule has 7 heteroatoms. The molecule has 6 nitrogen and oxygen atoms in total. The summed E-state index contributed by atoms with van der Waals surface area (Å²) in [4.78, 5) is 10.5. The molecule has 0 saturated carbocycles. The molecule has 0 aliphatic heterocycles. The molecule has 0 heterocycles. The fourth-order valence-electron chi connectivity index (χ4n) is 1.61. The third kappa shape index (κ3) is 8.18. The molecular weight excluding hydrogens is 270 g/mol. The lowest BCUT2D eigenvalue weighted by Crippen LogP contribution is -2.40. The molecular formula is C12H25NO5S. The Morgan fingerprint density at radius 2 is 1.84 bits per heavy atom. The molecule has 19 heavy (non-hydrogen) atoms. The predicted molar refractivity (Wildman–Crippen MR) is 73.6 cm³/mol. The van der Waals surface area contributed by atoms with Gasteiger partial charge in [-0.3, -0.25) is 4.79 Å². The number of nitrogens with zero attached hydrogens (tertiary/aromatic N) is 1. The lowest BCUT2D eigenvalue weighted by Gasteiger charge is -2.25. The smallest absolute Gasteiger partial charge is 0.303 e. The highest BCUT2D eigenvalue weighted by atomic mass is 32.2. The van der Waals surface area contributed by atoms with Crippen molar-refractivity contribution in [2.75, 3.05) is 18.9 Å². The lowest BCUT2D eigenvalue weighted by molar-refractivity contribution is -0.137.